The summed E-state index contributed by atoms with van der Waals surface area (Å²) in [5.41, 5.74) is 0. The fourth-order valence-corrected chi connectivity index (χ4v) is 1.88. The third kappa shape index (κ3) is 3.20. The van der Waals surface area contributed by atoms with Crippen LogP contribution in [0.5, 0.6) is 0 Å². The first kappa shape index (κ1) is 13.5. The van der Waals surface area contributed by atoms with Crippen molar-refractivity contribution in [2.75, 3.05) is 26.3 Å². The maximum atomic E-state index is 11.8. The van der Waals surface area contributed by atoms with E-state index in [-0.39, 0.29) is 19.2 Å². The number of hydrogen-bond acceptors (Lipinski definition) is 3. The molecule has 0 aliphatic carbocycles. The Hall–Kier alpha value is -1.56. The molecular formula is C11H18N2O4. The number of amides is 2. The van der Waals surface area contributed by atoms with Crippen LogP contribution in [0.25, 0.3) is 0 Å². The van der Waals surface area contributed by atoms with E-state index < -0.39 is 17.9 Å². The highest BCUT2D eigenvalue weighted by molar-refractivity contribution is 5.77. The lowest BCUT2D eigenvalue weighted by Gasteiger charge is -2.29. The smallest absolute Gasteiger partial charge is 0.317 e. The van der Waals surface area contributed by atoms with Gasteiger partial charge in [-0.05, 0) is 6.92 Å². The van der Waals surface area contributed by atoms with Crippen molar-refractivity contribution >= 4 is 12.0 Å². The summed E-state index contributed by atoms with van der Waals surface area (Å²) in [5.74, 6) is -1.58. The van der Waals surface area contributed by atoms with Gasteiger partial charge in [0.15, 0.2) is 0 Å². The van der Waals surface area contributed by atoms with Gasteiger partial charge < -0.3 is 20.1 Å². The third-order valence-corrected chi connectivity index (χ3v) is 2.77. The maximum absolute atomic E-state index is 11.8. The molecule has 2 N–H and O–H groups in total. The number of nitrogens with one attached hydrogen (secondary N) is 1. The minimum absolute atomic E-state index is 0.158. The zero-order valence-corrected chi connectivity index (χ0v) is 9.89. The Morgan fingerprint density at radius 3 is 2.82 bits per heavy atom. The Bertz CT molecular complexity index is 306. The zero-order chi connectivity index (χ0) is 12.8. The van der Waals surface area contributed by atoms with Crippen LogP contribution in [-0.2, 0) is 9.53 Å². The number of nitrogens with zero attached hydrogens (tertiary/aromatic N) is 1. The molecular weight excluding hydrogens is 224 g/mol. The molecule has 6 heteroatoms. The minimum Gasteiger partial charge on any atom is -0.481 e. The van der Waals surface area contributed by atoms with Gasteiger partial charge in [0.2, 0.25) is 0 Å². The molecule has 2 atom stereocenters. The predicted molar refractivity (Wildman–Crippen MR) is 61.7 cm³/mol. The minimum atomic E-state index is -0.928. The first-order valence-corrected chi connectivity index (χ1v) is 5.57. The van der Waals surface area contributed by atoms with Gasteiger partial charge in [0.25, 0.3) is 0 Å². The van der Waals surface area contributed by atoms with E-state index in [1.807, 2.05) is 6.92 Å². The van der Waals surface area contributed by atoms with Crippen LogP contribution in [-0.4, -0.2) is 54.4 Å². The molecule has 0 spiro atoms. The van der Waals surface area contributed by atoms with Crippen LogP contribution in [0.15, 0.2) is 12.7 Å². The number of carbonyl (C=O) groups excluding carboxylic acids is 1. The Balaban J connectivity index is 2.68. The summed E-state index contributed by atoms with van der Waals surface area (Å²) in [7, 11) is 0. The van der Waals surface area contributed by atoms with E-state index in [0.29, 0.717) is 13.1 Å². The van der Waals surface area contributed by atoms with Crippen molar-refractivity contribution in [2.45, 2.75) is 13.0 Å². The summed E-state index contributed by atoms with van der Waals surface area (Å²) in [4.78, 5) is 24.3. The molecule has 1 rings (SSSR count). The topological polar surface area (TPSA) is 78.9 Å². The van der Waals surface area contributed by atoms with E-state index >= 15 is 0 Å². The molecule has 1 aliphatic rings. The van der Waals surface area contributed by atoms with Gasteiger partial charge in [-0.2, -0.15) is 0 Å². The highest BCUT2D eigenvalue weighted by atomic mass is 16.5. The lowest BCUT2D eigenvalue weighted by Crippen LogP contribution is -2.50. The molecule has 1 saturated heterocycles. The Morgan fingerprint density at radius 2 is 2.29 bits per heavy atom. The van der Waals surface area contributed by atoms with E-state index in [9.17, 15) is 9.59 Å². The number of carboxylic acids is 1. The van der Waals surface area contributed by atoms with Gasteiger partial charge >= 0.3 is 12.0 Å². The van der Waals surface area contributed by atoms with Crippen LogP contribution in [0.4, 0.5) is 4.79 Å². The van der Waals surface area contributed by atoms with E-state index in [1.165, 1.54) is 4.90 Å². The molecule has 2 unspecified atom stereocenters. The molecule has 0 aromatic heterocycles. The van der Waals surface area contributed by atoms with Crippen molar-refractivity contribution in [1.29, 1.82) is 0 Å². The quantitative estimate of drug-likeness (QED) is 0.680. The van der Waals surface area contributed by atoms with E-state index in [0.717, 1.165) is 0 Å². The van der Waals surface area contributed by atoms with Crippen LogP contribution in [0.1, 0.15) is 6.92 Å². The normalized spacial score (nSPS) is 23.1. The van der Waals surface area contributed by atoms with Gasteiger partial charge in [-0.3, -0.25) is 4.79 Å². The Kier molecular flexibility index (Phi) is 4.96. The molecule has 6 nitrogen and oxygen atoms in total. The summed E-state index contributed by atoms with van der Waals surface area (Å²) in [6.45, 7) is 6.55. The summed E-state index contributed by atoms with van der Waals surface area (Å²) in [6, 6.07) is -0.684. The number of aliphatic carboxylic acids is 1. The van der Waals surface area contributed by atoms with E-state index in [2.05, 4.69) is 11.9 Å². The highest BCUT2D eigenvalue weighted by Gasteiger charge is 2.39. The molecule has 2 amide bonds. The van der Waals surface area contributed by atoms with Gasteiger partial charge in [0.1, 0.15) is 5.92 Å². The van der Waals surface area contributed by atoms with Gasteiger partial charge in [0, 0.05) is 13.1 Å². The monoisotopic (exact) mass is 242 g/mol. The predicted octanol–water partition coefficient (Wildman–Crippen LogP) is 0.303. The second-order valence-corrected chi connectivity index (χ2v) is 3.81. The molecule has 0 aromatic carbocycles. The zero-order valence-electron chi connectivity index (χ0n) is 9.89. The fraction of sp³-hybridized carbons (Fsp3) is 0.636. The third-order valence-electron chi connectivity index (χ3n) is 2.77. The molecule has 1 fully saturated rings. The Labute approximate surface area is 100 Å². The van der Waals surface area contributed by atoms with Crippen molar-refractivity contribution in [1.82, 2.24) is 10.2 Å². The second-order valence-electron chi connectivity index (χ2n) is 3.81. The van der Waals surface area contributed by atoms with Gasteiger partial charge in [-0.1, -0.05) is 6.08 Å². The molecule has 0 radical (unpaired) electrons. The van der Waals surface area contributed by atoms with E-state index in [1.54, 1.807) is 6.08 Å². The van der Waals surface area contributed by atoms with E-state index in [4.69, 9.17) is 9.84 Å². The van der Waals surface area contributed by atoms with Crippen LogP contribution >= 0.6 is 0 Å². The van der Waals surface area contributed by atoms with Crippen molar-refractivity contribution in [2.24, 2.45) is 5.92 Å². The van der Waals surface area contributed by atoms with Gasteiger partial charge in [-0.25, -0.2) is 4.79 Å². The molecule has 96 valence electrons. The Morgan fingerprint density at radius 1 is 1.59 bits per heavy atom. The molecule has 17 heavy (non-hydrogen) atoms. The van der Waals surface area contributed by atoms with Crippen molar-refractivity contribution in [3.05, 3.63) is 12.7 Å². The molecule has 0 bridgehead atoms. The largest absolute Gasteiger partial charge is 0.481 e. The van der Waals surface area contributed by atoms with Crippen LogP contribution < -0.4 is 5.32 Å². The fourth-order valence-electron chi connectivity index (χ4n) is 1.88. The number of ether oxygens (including phenoxy) is 1. The molecule has 0 saturated carbocycles. The van der Waals surface area contributed by atoms with Crippen molar-refractivity contribution in [3.8, 4) is 0 Å². The number of carbonyl (C=O) groups is 2. The number of carboxylic acid groups (broad SMARTS) is 1. The summed E-state index contributed by atoms with van der Waals surface area (Å²) < 4.78 is 5.15. The lowest BCUT2D eigenvalue weighted by molar-refractivity contribution is -0.142. The van der Waals surface area contributed by atoms with Crippen LogP contribution in [0.3, 0.4) is 0 Å². The summed E-state index contributed by atoms with van der Waals surface area (Å²) >= 11 is 0. The first-order valence-electron chi connectivity index (χ1n) is 5.57. The second kappa shape index (κ2) is 6.24. The molecule has 1 heterocycles. The summed E-state index contributed by atoms with van der Waals surface area (Å²) in [5, 5.41) is 11.7. The molecule has 1 aliphatic heterocycles. The highest BCUT2D eigenvalue weighted by Crippen LogP contribution is 2.20. The van der Waals surface area contributed by atoms with Crippen molar-refractivity contribution in [3.63, 3.8) is 0 Å². The summed E-state index contributed by atoms with van der Waals surface area (Å²) in [6.07, 6.45) is 1.57. The van der Waals surface area contributed by atoms with Crippen LogP contribution in [0, 0.1) is 5.92 Å². The van der Waals surface area contributed by atoms with Gasteiger partial charge in [-0.15, -0.1) is 6.58 Å². The lowest BCUT2D eigenvalue weighted by atomic mass is 10.0. The maximum Gasteiger partial charge on any atom is 0.317 e. The average Bonchev–Trinajstić information content (AvgIpc) is 2.76. The number of hydrogen-bond donors (Lipinski definition) is 2. The number of likely N-dealkylation sites (N-methyl/N-ethyl adjacent to an activating group) is 1. The van der Waals surface area contributed by atoms with Crippen LogP contribution in [0.2, 0.25) is 0 Å². The van der Waals surface area contributed by atoms with Gasteiger partial charge in [0.05, 0.1) is 19.3 Å². The first-order chi connectivity index (χ1) is 8.11. The number of rotatable bonds is 5. The average molecular weight is 242 g/mol. The number of urea groups is 1. The molecule has 0 aromatic rings. The van der Waals surface area contributed by atoms with Crippen molar-refractivity contribution < 1.29 is 19.4 Å². The standard InChI is InChI=1S/C11H18N2O4/c1-3-5-12-11(16)13(4-2)9-7-17-6-8(9)10(14)15/h3,8-9H,1,4-7H2,2H3,(H,12,16)(H,14,15). The SMILES string of the molecule is C=CCNC(=O)N(CC)C1COCC1C(=O)O.